The van der Waals surface area contributed by atoms with Gasteiger partial charge in [0.25, 0.3) is 5.56 Å². The largest absolute Gasteiger partial charge is 0.324 e. The molecule has 2 aromatic heterocycles. The SMILES string of the molecule is Cc1ccc(NC(=O)Cn2ncn3nc4c(c3c2=O)CCCC4)cc1Cl. The average molecular weight is 372 g/mol. The second kappa shape index (κ2) is 6.57. The summed E-state index contributed by atoms with van der Waals surface area (Å²) in [7, 11) is 0. The number of aryl methyl sites for hydroxylation is 3. The summed E-state index contributed by atoms with van der Waals surface area (Å²) in [6, 6.07) is 5.28. The van der Waals surface area contributed by atoms with E-state index >= 15 is 0 Å². The first-order valence-corrected chi connectivity index (χ1v) is 8.93. The standard InChI is InChI=1S/C18H18ClN5O2/c1-11-6-7-12(8-14(11)19)21-16(25)9-23-18(26)17-13-4-2-3-5-15(13)22-24(17)10-20-23/h6-8,10H,2-5,9H2,1H3,(H,21,25). The summed E-state index contributed by atoms with van der Waals surface area (Å²) in [6.07, 6.45) is 5.34. The Morgan fingerprint density at radius 3 is 2.92 bits per heavy atom. The van der Waals surface area contributed by atoms with Gasteiger partial charge in [0.1, 0.15) is 18.4 Å². The Hall–Kier alpha value is -2.67. The summed E-state index contributed by atoms with van der Waals surface area (Å²) in [5.74, 6) is -0.336. The van der Waals surface area contributed by atoms with Crippen molar-refractivity contribution >= 4 is 28.7 Å². The van der Waals surface area contributed by atoms with Crippen molar-refractivity contribution in [2.75, 3.05) is 5.32 Å². The third kappa shape index (κ3) is 2.99. The Balaban J connectivity index is 1.60. The maximum atomic E-state index is 12.8. The molecule has 0 saturated carbocycles. The van der Waals surface area contributed by atoms with Crippen LogP contribution in [0.25, 0.3) is 5.52 Å². The molecule has 8 heteroatoms. The molecule has 0 radical (unpaired) electrons. The lowest BCUT2D eigenvalue weighted by Crippen LogP contribution is -2.31. The van der Waals surface area contributed by atoms with Gasteiger partial charge in [-0.05, 0) is 50.3 Å². The Bertz CT molecular complexity index is 1070. The zero-order chi connectivity index (χ0) is 18.3. The van der Waals surface area contributed by atoms with Crippen LogP contribution in [-0.4, -0.2) is 25.3 Å². The van der Waals surface area contributed by atoms with Crippen LogP contribution in [0.3, 0.4) is 0 Å². The van der Waals surface area contributed by atoms with E-state index in [1.165, 1.54) is 15.5 Å². The van der Waals surface area contributed by atoms with E-state index in [9.17, 15) is 9.59 Å². The van der Waals surface area contributed by atoms with Gasteiger partial charge in [-0.25, -0.2) is 9.20 Å². The number of carbonyl (C=O) groups is 1. The molecule has 1 amide bonds. The topological polar surface area (TPSA) is 81.3 Å². The highest BCUT2D eigenvalue weighted by atomic mass is 35.5. The van der Waals surface area contributed by atoms with Crippen LogP contribution in [0.2, 0.25) is 5.02 Å². The molecule has 0 atom stereocenters. The monoisotopic (exact) mass is 371 g/mol. The predicted molar refractivity (Wildman–Crippen MR) is 98.7 cm³/mol. The van der Waals surface area contributed by atoms with Crippen LogP contribution < -0.4 is 10.9 Å². The molecule has 1 aliphatic rings. The van der Waals surface area contributed by atoms with E-state index in [0.29, 0.717) is 16.2 Å². The quantitative estimate of drug-likeness (QED) is 0.766. The first-order chi connectivity index (χ1) is 12.5. The first-order valence-electron chi connectivity index (χ1n) is 8.55. The summed E-state index contributed by atoms with van der Waals surface area (Å²) in [5, 5.41) is 11.8. The van der Waals surface area contributed by atoms with E-state index < -0.39 is 0 Å². The van der Waals surface area contributed by atoms with Gasteiger partial charge in [0, 0.05) is 16.3 Å². The zero-order valence-corrected chi connectivity index (χ0v) is 15.1. The molecule has 7 nitrogen and oxygen atoms in total. The van der Waals surface area contributed by atoms with Crippen molar-refractivity contribution in [3.05, 3.63) is 56.7 Å². The third-order valence-corrected chi connectivity index (χ3v) is 5.08. The van der Waals surface area contributed by atoms with Crippen molar-refractivity contribution in [1.82, 2.24) is 19.4 Å². The zero-order valence-electron chi connectivity index (χ0n) is 14.3. The molecule has 0 fully saturated rings. The Labute approximate surface area is 154 Å². The molecule has 0 unspecified atom stereocenters. The van der Waals surface area contributed by atoms with Gasteiger partial charge in [0.05, 0.1) is 5.69 Å². The smallest absolute Gasteiger partial charge is 0.293 e. The first kappa shape index (κ1) is 16.8. The van der Waals surface area contributed by atoms with Crippen molar-refractivity contribution in [2.24, 2.45) is 0 Å². The van der Waals surface area contributed by atoms with Crippen LogP contribution in [-0.2, 0) is 24.2 Å². The van der Waals surface area contributed by atoms with Gasteiger partial charge in [0.2, 0.25) is 5.91 Å². The lowest BCUT2D eigenvalue weighted by Gasteiger charge is -2.09. The Morgan fingerprint density at radius 2 is 2.12 bits per heavy atom. The van der Waals surface area contributed by atoms with Gasteiger partial charge < -0.3 is 5.32 Å². The molecule has 0 bridgehead atoms. The van der Waals surface area contributed by atoms with Crippen molar-refractivity contribution in [3.63, 3.8) is 0 Å². The number of aromatic nitrogens is 4. The molecule has 4 rings (SSSR count). The molecular formula is C18H18ClN5O2. The minimum Gasteiger partial charge on any atom is -0.324 e. The molecule has 134 valence electrons. The van der Waals surface area contributed by atoms with E-state index in [4.69, 9.17) is 11.6 Å². The minimum absolute atomic E-state index is 0.166. The number of amides is 1. The number of nitrogens with one attached hydrogen (secondary N) is 1. The number of carbonyl (C=O) groups excluding carboxylic acids is 1. The van der Waals surface area contributed by atoms with Gasteiger partial charge in [0.15, 0.2) is 0 Å². The molecule has 1 aliphatic carbocycles. The predicted octanol–water partition coefficient (Wildman–Crippen LogP) is 2.37. The van der Waals surface area contributed by atoms with Crippen LogP contribution in [0.1, 0.15) is 29.7 Å². The lowest BCUT2D eigenvalue weighted by molar-refractivity contribution is -0.117. The fourth-order valence-electron chi connectivity index (χ4n) is 3.29. The fraction of sp³-hybridized carbons (Fsp3) is 0.333. The molecule has 0 saturated heterocycles. The van der Waals surface area contributed by atoms with Crippen LogP contribution in [0.15, 0.2) is 29.3 Å². The van der Waals surface area contributed by atoms with Crippen molar-refractivity contribution in [2.45, 2.75) is 39.2 Å². The van der Waals surface area contributed by atoms with Crippen LogP contribution in [0.4, 0.5) is 5.69 Å². The van der Waals surface area contributed by atoms with Crippen molar-refractivity contribution in [1.29, 1.82) is 0 Å². The number of benzene rings is 1. The average Bonchev–Trinajstić information content (AvgIpc) is 3.00. The fourth-order valence-corrected chi connectivity index (χ4v) is 3.47. The van der Waals surface area contributed by atoms with E-state index in [-0.39, 0.29) is 18.0 Å². The van der Waals surface area contributed by atoms with E-state index in [1.807, 2.05) is 13.0 Å². The van der Waals surface area contributed by atoms with Crippen LogP contribution >= 0.6 is 11.6 Å². The third-order valence-electron chi connectivity index (χ3n) is 4.67. The summed E-state index contributed by atoms with van der Waals surface area (Å²) in [6.45, 7) is 1.72. The number of halogens is 1. The van der Waals surface area contributed by atoms with E-state index in [1.54, 1.807) is 12.1 Å². The van der Waals surface area contributed by atoms with Gasteiger partial charge >= 0.3 is 0 Å². The Kier molecular flexibility index (Phi) is 4.24. The molecule has 1 aromatic carbocycles. The summed E-state index contributed by atoms with van der Waals surface area (Å²) < 4.78 is 2.71. The van der Waals surface area contributed by atoms with Crippen molar-refractivity contribution < 1.29 is 4.79 Å². The van der Waals surface area contributed by atoms with Crippen LogP contribution in [0, 0.1) is 6.92 Å². The summed E-state index contributed by atoms with van der Waals surface area (Å²) >= 11 is 6.07. The van der Waals surface area contributed by atoms with Gasteiger partial charge in [-0.15, -0.1) is 0 Å². The lowest BCUT2D eigenvalue weighted by atomic mass is 9.97. The molecular weight excluding hydrogens is 354 g/mol. The normalized spacial score (nSPS) is 13.6. The number of nitrogens with zero attached hydrogens (tertiary/aromatic N) is 4. The second-order valence-corrected chi connectivity index (χ2v) is 6.94. The number of hydrogen-bond acceptors (Lipinski definition) is 4. The second-order valence-electron chi connectivity index (χ2n) is 6.53. The van der Waals surface area contributed by atoms with Gasteiger partial charge in [-0.2, -0.15) is 10.2 Å². The van der Waals surface area contributed by atoms with E-state index in [2.05, 4.69) is 15.5 Å². The molecule has 3 aromatic rings. The maximum Gasteiger partial charge on any atom is 0.293 e. The van der Waals surface area contributed by atoms with E-state index in [0.717, 1.165) is 42.5 Å². The maximum absolute atomic E-state index is 12.8. The summed E-state index contributed by atoms with van der Waals surface area (Å²) in [5.41, 5.74) is 3.70. The van der Waals surface area contributed by atoms with Crippen molar-refractivity contribution in [3.8, 4) is 0 Å². The Morgan fingerprint density at radius 1 is 1.31 bits per heavy atom. The number of anilines is 1. The molecule has 26 heavy (non-hydrogen) atoms. The van der Waals surface area contributed by atoms with Gasteiger partial charge in [-0.3, -0.25) is 9.59 Å². The number of hydrogen-bond donors (Lipinski definition) is 1. The molecule has 1 N–H and O–H groups in total. The van der Waals surface area contributed by atoms with Crippen LogP contribution in [0.5, 0.6) is 0 Å². The highest BCUT2D eigenvalue weighted by molar-refractivity contribution is 6.31. The molecule has 0 spiro atoms. The molecule has 2 heterocycles. The number of rotatable bonds is 3. The number of fused-ring (bicyclic) bond motifs is 3. The summed E-state index contributed by atoms with van der Waals surface area (Å²) in [4.78, 5) is 25.1. The van der Waals surface area contributed by atoms with Gasteiger partial charge in [-0.1, -0.05) is 17.7 Å². The highest BCUT2D eigenvalue weighted by Gasteiger charge is 2.20. The minimum atomic E-state index is -0.336. The highest BCUT2D eigenvalue weighted by Crippen LogP contribution is 2.22. The molecule has 0 aliphatic heterocycles.